The van der Waals surface area contributed by atoms with Crippen LogP contribution >= 0.6 is 0 Å². The molecule has 2 N–H and O–H groups in total. The Kier molecular flexibility index (Phi) is 8.11. The van der Waals surface area contributed by atoms with Gasteiger partial charge in [-0.3, -0.25) is 0 Å². The molecule has 0 aromatic heterocycles. The van der Waals surface area contributed by atoms with Crippen LogP contribution in [0, 0.1) is 5.92 Å². The molecule has 0 aromatic rings. The lowest BCUT2D eigenvalue weighted by Gasteiger charge is -2.25. The molecule has 0 radical (unpaired) electrons. The van der Waals surface area contributed by atoms with Gasteiger partial charge in [-0.2, -0.15) is 0 Å². The Labute approximate surface area is 108 Å². The summed E-state index contributed by atoms with van der Waals surface area (Å²) in [5.74, 6) is -1.17. The normalized spacial score (nSPS) is 12.3. The maximum Gasteiger partial charge on any atom is 0.326 e. The number of aliphatic carboxylic acids is 1. The minimum Gasteiger partial charge on any atom is -0.480 e. The molecule has 0 saturated heterocycles. The lowest BCUT2D eigenvalue weighted by Crippen LogP contribution is -2.50. The van der Waals surface area contributed by atoms with Crippen molar-refractivity contribution in [2.45, 2.75) is 33.7 Å². The molecular weight excluding hydrogens is 236 g/mol. The Morgan fingerprint density at radius 2 is 1.94 bits per heavy atom. The van der Waals surface area contributed by atoms with Gasteiger partial charge < -0.3 is 20.1 Å². The second-order valence-electron chi connectivity index (χ2n) is 4.29. The summed E-state index contributed by atoms with van der Waals surface area (Å²) in [6.45, 7) is 9.28. The molecule has 0 fully saturated rings. The molecule has 1 atom stereocenters. The molecular formula is C12H24N2O4. The van der Waals surface area contributed by atoms with E-state index in [1.807, 2.05) is 13.8 Å². The Hall–Kier alpha value is -1.30. The number of nitrogens with zero attached hydrogens (tertiary/aromatic N) is 1. The highest BCUT2D eigenvalue weighted by atomic mass is 16.5. The van der Waals surface area contributed by atoms with Gasteiger partial charge in [0.2, 0.25) is 0 Å². The minimum atomic E-state index is -1.01. The molecule has 0 aliphatic carbocycles. The Balaban J connectivity index is 4.36. The van der Waals surface area contributed by atoms with Crippen LogP contribution in [0.2, 0.25) is 0 Å². The summed E-state index contributed by atoms with van der Waals surface area (Å²) < 4.78 is 5.18. The molecule has 18 heavy (non-hydrogen) atoms. The number of hydrogen-bond acceptors (Lipinski definition) is 3. The van der Waals surface area contributed by atoms with Gasteiger partial charge in [0.25, 0.3) is 0 Å². The first-order valence-corrected chi connectivity index (χ1v) is 6.29. The quantitative estimate of drug-likeness (QED) is 0.642. The van der Waals surface area contributed by atoms with Crippen molar-refractivity contribution >= 4 is 12.0 Å². The number of ether oxygens (including phenoxy) is 1. The van der Waals surface area contributed by atoms with Crippen molar-refractivity contribution in [2.75, 3.05) is 26.3 Å². The van der Waals surface area contributed by atoms with Gasteiger partial charge in [0.05, 0.1) is 6.61 Å². The summed E-state index contributed by atoms with van der Waals surface area (Å²) in [5, 5.41) is 11.5. The van der Waals surface area contributed by atoms with Crippen LogP contribution in [0.15, 0.2) is 0 Å². The predicted octanol–water partition coefficient (Wildman–Crippen LogP) is 1.16. The predicted molar refractivity (Wildman–Crippen MR) is 68.5 cm³/mol. The fraction of sp³-hybridized carbons (Fsp3) is 0.833. The van der Waals surface area contributed by atoms with Crippen molar-refractivity contribution in [3.8, 4) is 0 Å². The first kappa shape index (κ1) is 16.7. The monoisotopic (exact) mass is 260 g/mol. The molecule has 6 heteroatoms. The summed E-state index contributed by atoms with van der Waals surface area (Å²) in [7, 11) is 0. The van der Waals surface area contributed by atoms with Crippen molar-refractivity contribution < 1.29 is 19.4 Å². The fourth-order valence-electron chi connectivity index (χ4n) is 1.46. The maximum atomic E-state index is 11.9. The van der Waals surface area contributed by atoms with Gasteiger partial charge in [0.1, 0.15) is 6.04 Å². The number of hydrogen-bond donors (Lipinski definition) is 2. The van der Waals surface area contributed by atoms with Crippen LogP contribution < -0.4 is 5.32 Å². The first-order valence-electron chi connectivity index (χ1n) is 6.29. The zero-order valence-electron chi connectivity index (χ0n) is 11.6. The van der Waals surface area contributed by atoms with Crippen molar-refractivity contribution in [3.05, 3.63) is 0 Å². The Morgan fingerprint density at radius 3 is 2.33 bits per heavy atom. The van der Waals surface area contributed by atoms with E-state index in [9.17, 15) is 9.59 Å². The van der Waals surface area contributed by atoms with Crippen molar-refractivity contribution in [2.24, 2.45) is 5.92 Å². The summed E-state index contributed by atoms with van der Waals surface area (Å²) in [6, 6.07) is -1.23. The van der Waals surface area contributed by atoms with E-state index in [0.717, 1.165) is 0 Å². The summed E-state index contributed by atoms with van der Waals surface area (Å²) >= 11 is 0. The van der Waals surface area contributed by atoms with Crippen LogP contribution in [0.5, 0.6) is 0 Å². The molecule has 0 aliphatic heterocycles. The van der Waals surface area contributed by atoms with Crippen molar-refractivity contribution in [3.63, 3.8) is 0 Å². The average Bonchev–Trinajstić information content (AvgIpc) is 2.30. The highest BCUT2D eigenvalue weighted by molar-refractivity contribution is 5.82. The molecule has 6 nitrogen and oxygen atoms in total. The molecule has 106 valence electrons. The molecule has 0 unspecified atom stereocenters. The molecule has 2 amide bonds. The van der Waals surface area contributed by atoms with Gasteiger partial charge in [0, 0.05) is 19.7 Å². The number of amides is 2. The van der Waals surface area contributed by atoms with E-state index < -0.39 is 12.0 Å². The lowest BCUT2D eigenvalue weighted by molar-refractivity contribution is -0.140. The van der Waals surface area contributed by atoms with E-state index in [1.54, 1.807) is 13.8 Å². The molecule has 0 bridgehead atoms. The first-order chi connectivity index (χ1) is 8.43. The number of carboxylic acid groups (broad SMARTS) is 1. The molecule has 0 aliphatic rings. The molecule has 0 saturated carbocycles. The van der Waals surface area contributed by atoms with E-state index in [2.05, 4.69) is 5.32 Å². The Bertz CT molecular complexity index is 269. The molecule has 0 heterocycles. The zero-order chi connectivity index (χ0) is 14.1. The number of nitrogens with one attached hydrogen (secondary N) is 1. The summed E-state index contributed by atoms with van der Waals surface area (Å²) in [6.07, 6.45) is 0. The largest absolute Gasteiger partial charge is 0.480 e. The van der Waals surface area contributed by atoms with Gasteiger partial charge >= 0.3 is 12.0 Å². The van der Waals surface area contributed by atoms with Crippen molar-refractivity contribution in [1.82, 2.24) is 10.2 Å². The standard InChI is InChI=1S/C12H24N2O4/c1-5-14(7-8-18-6-2)12(17)13-10(9(3)4)11(15)16/h9-10H,5-8H2,1-4H3,(H,13,17)(H,15,16)/t10-/m1/s1. The van der Waals surface area contributed by atoms with Crippen LogP contribution in [0.25, 0.3) is 0 Å². The van der Waals surface area contributed by atoms with Crippen molar-refractivity contribution in [1.29, 1.82) is 0 Å². The molecule has 0 spiro atoms. The second kappa shape index (κ2) is 8.74. The van der Waals surface area contributed by atoms with E-state index in [4.69, 9.17) is 9.84 Å². The SMILES string of the molecule is CCOCCN(CC)C(=O)N[C@@H](C(=O)O)C(C)C. The number of rotatable bonds is 8. The summed E-state index contributed by atoms with van der Waals surface area (Å²) in [4.78, 5) is 24.4. The number of carboxylic acids is 1. The molecule has 0 rings (SSSR count). The average molecular weight is 260 g/mol. The van der Waals surface area contributed by atoms with Gasteiger partial charge in [0.15, 0.2) is 0 Å². The minimum absolute atomic E-state index is 0.156. The topological polar surface area (TPSA) is 78.9 Å². The molecule has 0 aromatic carbocycles. The van der Waals surface area contributed by atoms with Gasteiger partial charge in [-0.05, 0) is 19.8 Å². The van der Waals surface area contributed by atoms with Crippen LogP contribution in [0.4, 0.5) is 4.79 Å². The zero-order valence-corrected chi connectivity index (χ0v) is 11.6. The van der Waals surface area contributed by atoms with Crippen LogP contribution in [-0.2, 0) is 9.53 Å². The highest BCUT2D eigenvalue weighted by Gasteiger charge is 2.25. The lowest BCUT2D eigenvalue weighted by atomic mass is 10.1. The third kappa shape index (κ3) is 5.86. The van der Waals surface area contributed by atoms with E-state index in [-0.39, 0.29) is 11.9 Å². The number of carbonyl (C=O) groups excluding carboxylic acids is 1. The number of carbonyl (C=O) groups is 2. The van der Waals surface area contributed by atoms with E-state index in [0.29, 0.717) is 26.3 Å². The van der Waals surface area contributed by atoms with Crippen LogP contribution in [0.3, 0.4) is 0 Å². The third-order valence-electron chi connectivity index (χ3n) is 2.59. The van der Waals surface area contributed by atoms with Crippen LogP contribution in [-0.4, -0.2) is 54.4 Å². The number of likely N-dealkylation sites (N-methyl/N-ethyl adjacent to an activating group) is 1. The maximum absolute atomic E-state index is 11.9. The highest BCUT2D eigenvalue weighted by Crippen LogP contribution is 2.03. The van der Waals surface area contributed by atoms with Gasteiger partial charge in [-0.15, -0.1) is 0 Å². The third-order valence-corrected chi connectivity index (χ3v) is 2.59. The summed E-state index contributed by atoms with van der Waals surface area (Å²) in [5.41, 5.74) is 0. The smallest absolute Gasteiger partial charge is 0.326 e. The van der Waals surface area contributed by atoms with E-state index >= 15 is 0 Å². The van der Waals surface area contributed by atoms with Gasteiger partial charge in [-0.1, -0.05) is 13.8 Å². The number of urea groups is 1. The van der Waals surface area contributed by atoms with E-state index in [1.165, 1.54) is 4.90 Å². The van der Waals surface area contributed by atoms with Crippen LogP contribution in [0.1, 0.15) is 27.7 Å². The Morgan fingerprint density at radius 1 is 1.33 bits per heavy atom. The fourth-order valence-corrected chi connectivity index (χ4v) is 1.46. The van der Waals surface area contributed by atoms with Gasteiger partial charge in [-0.25, -0.2) is 9.59 Å². The second-order valence-corrected chi connectivity index (χ2v) is 4.29.